The van der Waals surface area contributed by atoms with E-state index in [1.165, 1.54) is 0 Å². The standard InChI is InChI=1S/C11H18N2O2/c1-7(2)11-12-5-10(15-8(3)4)9(6-14)13-11/h5,7-8,14H,6H2,1-4H3. The molecule has 0 unspecified atom stereocenters. The lowest BCUT2D eigenvalue weighted by atomic mass is 10.2. The minimum atomic E-state index is -0.121. The van der Waals surface area contributed by atoms with Crippen LogP contribution >= 0.6 is 0 Å². The summed E-state index contributed by atoms with van der Waals surface area (Å²) in [4.78, 5) is 8.45. The minimum Gasteiger partial charge on any atom is -0.487 e. The van der Waals surface area contributed by atoms with Crippen LogP contribution in [-0.4, -0.2) is 21.2 Å². The van der Waals surface area contributed by atoms with Gasteiger partial charge in [-0.1, -0.05) is 13.8 Å². The van der Waals surface area contributed by atoms with Gasteiger partial charge in [0.25, 0.3) is 0 Å². The van der Waals surface area contributed by atoms with Crippen LogP contribution < -0.4 is 4.74 Å². The van der Waals surface area contributed by atoms with Crippen molar-refractivity contribution in [1.29, 1.82) is 0 Å². The van der Waals surface area contributed by atoms with E-state index in [0.717, 1.165) is 5.82 Å². The highest BCUT2D eigenvalue weighted by Gasteiger charge is 2.10. The predicted octanol–water partition coefficient (Wildman–Crippen LogP) is 1.88. The van der Waals surface area contributed by atoms with Crippen molar-refractivity contribution in [3.8, 4) is 5.75 Å². The molecule has 0 atom stereocenters. The lowest BCUT2D eigenvalue weighted by Gasteiger charge is -2.13. The van der Waals surface area contributed by atoms with Crippen molar-refractivity contribution in [3.63, 3.8) is 0 Å². The second kappa shape index (κ2) is 5.07. The Labute approximate surface area is 90.3 Å². The van der Waals surface area contributed by atoms with Crippen LogP contribution in [0.15, 0.2) is 6.20 Å². The smallest absolute Gasteiger partial charge is 0.161 e. The lowest BCUT2D eigenvalue weighted by molar-refractivity contribution is 0.220. The van der Waals surface area contributed by atoms with Gasteiger partial charge in [-0.3, -0.25) is 0 Å². The van der Waals surface area contributed by atoms with Crippen molar-refractivity contribution in [1.82, 2.24) is 9.97 Å². The largest absolute Gasteiger partial charge is 0.487 e. The third-order valence-electron chi connectivity index (χ3n) is 1.88. The second-order valence-corrected chi connectivity index (χ2v) is 4.02. The van der Waals surface area contributed by atoms with Gasteiger partial charge in [0.05, 0.1) is 18.9 Å². The van der Waals surface area contributed by atoms with E-state index in [4.69, 9.17) is 9.84 Å². The molecule has 1 rings (SSSR count). The molecule has 0 aromatic carbocycles. The van der Waals surface area contributed by atoms with Crippen molar-refractivity contribution >= 4 is 0 Å². The van der Waals surface area contributed by atoms with Gasteiger partial charge in [0.2, 0.25) is 0 Å². The molecule has 0 radical (unpaired) electrons. The Hall–Kier alpha value is -1.16. The van der Waals surface area contributed by atoms with E-state index in [1.54, 1.807) is 6.20 Å². The molecule has 1 aromatic rings. The van der Waals surface area contributed by atoms with Gasteiger partial charge < -0.3 is 9.84 Å². The van der Waals surface area contributed by atoms with E-state index >= 15 is 0 Å². The van der Waals surface area contributed by atoms with E-state index in [-0.39, 0.29) is 18.6 Å². The van der Waals surface area contributed by atoms with Crippen molar-refractivity contribution in [2.24, 2.45) is 0 Å². The average Bonchev–Trinajstić information content (AvgIpc) is 2.17. The van der Waals surface area contributed by atoms with Gasteiger partial charge >= 0.3 is 0 Å². The highest BCUT2D eigenvalue weighted by Crippen LogP contribution is 2.19. The number of ether oxygens (including phenoxy) is 1. The Morgan fingerprint density at radius 3 is 2.47 bits per heavy atom. The van der Waals surface area contributed by atoms with E-state index in [1.807, 2.05) is 27.7 Å². The summed E-state index contributed by atoms with van der Waals surface area (Å²) >= 11 is 0. The Bertz CT molecular complexity index is 324. The van der Waals surface area contributed by atoms with Crippen molar-refractivity contribution in [3.05, 3.63) is 17.7 Å². The summed E-state index contributed by atoms with van der Waals surface area (Å²) in [5.41, 5.74) is 0.558. The molecule has 0 saturated carbocycles. The number of aliphatic hydroxyl groups excluding tert-OH is 1. The number of hydrogen-bond donors (Lipinski definition) is 1. The first-order chi connectivity index (χ1) is 7.04. The van der Waals surface area contributed by atoms with Gasteiger partial charge in [0.15, 0.2) is 5.75 Å². The van der Waals surface area contributed by atoms with Crippen LogP contribution in [0.2, 0.25) is 0 Å². The molecule has 1 heterocycles. The zero-order chi connectivity index (χ0) is 11.4. The summed E-state index contributed by atoms with van der Waals surface area (Å²) in [6.45, 7) is 7.76. The number of nitrogens with zero attached hydrogens (tertiary/aromatic N) is 2. The highest BCUT2D eigenvalue weighted by atomic mass is 16.5. The summed E-state index contributed by atoms with van der Waals surface area (Å²) in [5.74, 6) is 1.55. The number of hydrogen-bond acceptors (Lipinski definition) is 4. The van der Waals surface area contributed by atoms with E-state index in [2.05, 4.69) is 9.97 Å². The quantitative estimate of drug-likeness (QED) is 0.824. The summed E-state index contributed by atoms with van der Waals surface area (Å²) in [6, 6.07) is 0. The topological polar surface area (TPSA) is 55.2 Å². The summed E-state index contributed by atoms with van der Waals surface area (Å²) in [7, 11) is 0. The number of rotatable bonds is 4. The van der Waals surface area contributed by atoms with Crippen LogP contribution in [0.5, 0.6) is 5.75 Å². The molecular weight excluding hydrogens is 192 g/mol. The number of aliphatic hydroxyl groups is 1. The molecule has 4 heteroatoms. The lowest BCUT2D eigenvalue weighted by Crippen LogP contribution is -2.10. The van der Waals surface area contributed by atoms with Crippen LogP contribution in [-0.2, 0) is 6.61 Å². The Kier molecular flexibility index (Phi) is 4.03. The van der Waals surface area contributed by atoms with Crippen LogP contribution in [0, 0.1) is 0 Å². The van der Waals surface area contributed by atoms with Gasteiger partial charge in [-0.25, -0.2) is 9.97 Å². The van der Waals surface area contributed by atoms with E-state index < -0.39 is 0 Å². The zero-order valence-electron chi connectivity index (χ0n) is 9.69. The van der Waals surface area contributed by atoms with Crippen LogP contribution in [0.3, 0.4) is 0 Å². The fourth-order valence-electron chi connectivity index (χ4n) is 1.17. The molecule has 0 aliphatic rings. The molecule has 0 aliphatic heterocycles. The van der Waals surface area contributed by atoms with Gasteiger partial charge in [0, 0.05) is 5.92 Å². The van der Waals surface area contributed by atoms with E-state index in [9.17, 15) is 0 Å². The Balaban J connectivity index is 2.98. The van der Waals surface area contributed by atoms with Crippen molar-refractivity contribution < 1.29 is 9.84 Å². The fourth-order valence-corrected chi connectivity index (χ4v) is 1.17. The second-order valence-electron chi connectivity index (χ2n) is 4.02. The van der Waals surface area contributed by atoms with Gasteiger partial charge in [0.1, 0.15) is 11.5 Å². The maximum atomic E-state index is 9.17. The molecule has 0 bridgehead atoms. The van der Waals surface area contributed by atoms with Gasteiger partial charge in [-0.2, -0.15) is 0 Å². The monoisotopic (exact) mass is 210 g/mol. The molecule has 1 aromatic heterocycles. The predicted molar refractivity (Wildman–Crippen MR) is 57.8 cm³/mol. The molecule has 0 spiro atoms. The van der Waals surface area contributed by atoms with Crippen molar-refractivity contribution in [2.45, 2.75) is 46.3 Å². The molecule has 15 heavy (non-hydrogen) atoms. The molecular formula is C11H18N2O2. The van der Waals surface area contributed by atoms with Crippen LogP contribution in [0.4, 0.5) is 0 Å². The SMILES string of the molecule is CC(C)Oc1cnc(C(C)C)nc1CO. The Morgan fingerprint density at radius 2 is 2.00 bits per heavy atom. The number of aromatic nitrogens is 2. The fraction of sp³-hybridized carbons (Fsp3) is 0.636. The molecule has 1 N–H and O–H groups in total. The molecule has 0 saturated heterocycles. The van der Waals surface area contributed by atoms with Gasteiger partial charge in [-0.15, -0.1) is 0 Å². The zero-order valence-corrected chi connectivity index (χ0v) is 9.69. The summed E-state index contributed by atoms with van der Waals surface area (Å²) < 4.78 is 5.49. The third-order valence-corrected chi connectivity index (χ3v) is 1.88. The highest BCUT2D eigenvalue weighted by molar-refractivity contribution is 5.24. The van der Waals surface area contributed by atoms with Crippen molar-refractivity contribution in [2.75, 3.05) is 0 Å². The maximum absolute atomic E-state index is 9.17. The van der Waals surface area contributed by atoms with E-state index in [0.29, 0.717) is 11.4 Å². The molecule has 0 amide bonds. The average molecular weight is 210 g/mol. The molecule has 0 aliphatic carbocycles. The first-order valence-electron chi connectivity index (χ1n) is 5.18. The Morgan fingerprint density at radius 1 is 1.33 bits per heavy atom. The van der Waals surface area contributed by atoms with Gasteiger partial charge in [-0.05, 0) is 13.8 Å². The first kappa shape index (κ1) is 11.9. The van der Waals surface area contributed by atoms with Crippen LogP contribution in [0.1, 0.15) is 45.1 Å². The molecule has 0 fully saturated rings. The summed E-state index contributed by atoms with van der Waals surface area (Å²) in [5, 5.41) is 9.17. The maximum Gasteiger partial charge on any atom is 0.161 e. The first-order valence-corrected chi connectivity index (χ1v) is 5.18. The normalized spacial score (nSPS) is 11.1. The third kappa shape index (κ3) is 3.16. The summed E-state index contributed by atoms with van der Waals surface area (Å²) in [6.07, 6.45) is 1.69. The molecule has 4 nitrogen and oxygen atoms in total. The molecule has 84 valence electrons. The minimum absolute atomic E-state index is 0.0591. The van der Waals surface area contributed by atoms with Crippen LogP contribution in [0.25, 0.3) is 0 Å².